The fourth-order valence-corrected chi connectivity index (χ4v) is 8.76. The third-order valence-electron chi connectivity index (χ3n) is 6.97. The fourth-order valence-electron chi connectivity index (χ4n) is 5.21. The van der Waals surface area contributed by atoms with Crippen LogP contribution in [0.1, 0.15) is 34.6 Å². The molecule has 0 saturated heterocycles. The second-order valence-electron chi connectivity index (χ2n) is 8.77. The predicted octanol–water partition coefficient (Wildman–Crippen LogP) is 5.75. The summed E-state index contributed by atoms with van der Waals surface area (Å²) in [6.45, 7) is 2.48. The summed E-state index contributed by atoms with van der Waals surface area (Å²) in [5.74, 6) is 0.499. The van der Waals surface area contributed by atoms with Crippen LogP contribution >= 0.6 is 7.26 Å². The summed E-state index contributed by atoms with van der Waals surface area (Å²) < 4.78 is 0. The second kappa shape index (κ2) is 8.74. The van der Waals surface area contributed by atoms with Gasteiger partial charge in [0.1, 0.15) is 23.2 Å². The summed E-state index contributed by atoms with van der Waals surface area (Å²) in [6.07, 6.45) is 3.21. The molecular weight excluding hydrogens is 405 g/mol. The van der Waals surface area contributed by atoms with E-state index in [9.17, 15) is 5.26 Å². The molecular formula is C30H27NP+. The molecule has 0 aliphatic heterocycles. The maximum absolute atomic E-state index is 9.27. The molecule has 4 aromatic carbocycles. The minimum Gasteiger partial charge on any atom is -0.192 e. The highest BCUT2D eigenvalue weighted by atomic mass is 31.2. The monoisotopic (exact) mass is 432 g/mol. The van der Waals surface area contributed by atoms with Crippen LogP contribution in [0.5, 0.6) is 0 Å². The van der Waals surface area contributed by atoms with E-state index in [2.05, 4.69) is 110 Å². The molecule has 0 bridgehead atoms. The maximum Gasteiger partial charge on any atom is 0.109 e. The van der Waals surface area contributed by atoms with E-state index in [1.54, 1.807) is 0 Å². The molecule has 0 fully saturated rings. The SMILES string of the molecule is C[P+](c1ccccc1)(c1ccccc1)c1ccccc1C1CCc2cc(C#N)ccc2C1. The maximum atomic E-state index is 9.27. The van der Waals surface area contributed by atoms with Crippen LogP contribution in [-0.4, -0.2) is 6.66 Å². The zero-order chi connectivity index (χ0) is 22.0. The van der Waals surface area contributed by atoms with Gasteiger partial charge in [-0.3, -0.25) is 0 Å². The molecule has 0 N–H and O–H groups in total. The van der Waals surface area contributed by atoms with E-state index in [1.165, 1.54) is 32.6 Å². The van der Waals surface area contributed by atoms with Crippen LogP contribution < -0.4 is 15.9 Å². The van der Waals surface area contributed by atoms with Crippen molar-refractivity contribution in [3.05, 3.63) is 125 Å². The fraction of sp³-hybridized carbons (Fsp3) is 0.167. The van der Waals surface area contributed by atoms with Crippen molar-refractivity contribution >= 4 is 23.2 Å². The number of hydrogen-bond donors (Lipinski definition) is 0. The highest BCUT2D eigenvalue weighted by Crippen LogP contribution is 2.53. The smallest absolute Gasteiger partial charge is 0.109 e. The molecule has 1 unspecified atom stereocenters. The summed E-state index contributed by atoms with van der Waals surface area (Å²) in [5.41, 5.74) is 5.01. The zero-order valence-electron chi connectivity index (χ0n) is 18.4. The van der Waals surface area contributed by atoms with Crippen molar-refractivity contribution in [2.75, 3.05) is 6.66 Å². The first-order chi connectivity index (χ1) is 15.7. The largest absolute Gasteiger partial charge is 0.192 e. The Hall–Kier alpha value is -3.20. The van der Waals surface area contributed by atoms with Crippen LogP contribution in [0.25, 0.3) is 0 Å². The van der Waals surface area contributed by atoms with Gasteiger partial charge in [-0.2, -0.15) is 5.26 Å². The Morgan fingerprint density at radius 2 is 1.38 bits per heavy atom. The van der Waals surface area contributed by atoms with Gasteiger partial charge in [-0.25, -0.2) is 0 Å². The lowest BCUT2D eigenvalue weighted by Gasteiger charge is -2.30. The minimum absolute atomic E-state index is 0.499. The number of fused-ring (bicyclic) bond motifs is 1. The lowest BCUT2D eigenvalue weighted by Crippen LogP contribution is -2.33. The molecule has 0 radical (unpaired) electrons. The zero-order valence-corrected chi connectivity index (χ0v) is 19.3. The average molecular weight is 433 g/mol. The lowest BCUT2D eigenvalue weighted by molar-refractivity contribution is 0.587. The average Bonchev–Trinajstić information content (AvgIpc) is 2.88. The topological polar surface area (TPSA) is 23.8 Å². The van der Waals surface area contributed by atoms with Crippen molar-refractivity contribution in [2.24, 2.45) is 0 Å². The van der Waals surface area contributed by atoms with Gasteiger partial charge in [-0.1, -0.05) is 60.7 Å². The van der Waals surface area contributed by atoms with E-state index in [-0.39, 0.29) is 0 Å². The highest BCUT2D eigenvalue weighted by Gasteiger charge is 2.43. The molecule has 0 saturated carbocycles. The van der Waals surface area contributed by atoms with Gasteiger partial charge in [0.2, 0.25) is 0 Å². The van der Waals surface area contributed by atoms with E-state index in [1.807, 2.05) is 6.07 Å². The van der Waals surface area contributed by atoms with E-state index in [4.69, 9.17) is 0 Å². The molecule has 156 valence electrons. The number of benzene rings is 4. The van der Waals surface area contributed by atoms with Gasteiger partial charge in [0.05, 0.1) is 18.3 Å². The molecule has 0 spiro atoms. The molecule has 5 rings (SSSR count). The van der Waals surface area contributed by atoms with Crippen molar-refractivity contribution in [1.29, 1.82) is 5.26 Å². The third kappa shape index (κ3) is 3.66. The summed E-state index contributed by atoms with van der Waals surface area (Å²) in [5, 5.41) is 13.6. The van der Waals surface area contributed by atoms with Gasteiger partial charge in [0, 0.05) is 0 Å². The normalized spacial score (nSPS) is 15.6. The Labute approximate surface area is 191 Å². The molecule has 0 aromatic heterocycles. The Bertz CT molecular complexity index is 1230. The summed E-state index contributed by atoms with van der Waals surface area (Å²) in [6, 6.07) is 39.8. The van der Waals surface area contributed by atoms with Crippen LogP contribution in [0.15, 0.2) is 103 Å². The van der Waals surface area contributed by atoms with Gasteiger partial charge in [-0.05, 0) is 84.3 Å². The standard InChI is InChI=1S/C30H27NP/c1-32(27-10-4-2-5-11-27,28-12-6-3-7-13-28)30-15-9-8-14-29(30)26-19-18-24-20-23(22-31)16-17-25(24)21-26/h2-17,20,26H,18-19,21H2,1H3/q+1. The second-order valence-corrected chi connectivity index (χ2v) is 12.3. The Morgan fingerprint density at radius 1 is 0.750 bits per heavy atom. The van der Waals surface area contributed by atoms with E-state index >= 15 is 0 Å². The van der Waals surface area contributed by atoms with Gasteiger partial charge < -0.3 is 0 Å². The molecule has 1 atom stereocenters. The number of nitrogens with zero attached hydrogens (tertiary/aromatic N) is 1. The van der Waals surface area contributed by atoms with E-state index in [0.29, 0.717) is 5.92 Å². The minimum atomic E-state index is -1.77. The predicted molar refractivity (Wildman–Crippen MR) is 137 cm³/mol. The molecule has 1 aliphatic rings. The van der Waals surface area contributed by atoms with Crippen LogP contribution in [0.4, 0.5) is 0 Å². The first kappa shape index (κ1) is 20.7. The van der Waals surface area contributed by atoms with Gasteiger partial charge in [0.15, 0.2) is 0 Å². The van der Waals surface area contributed by atoms with Crippen molar-refractivity contribution in [1.82, 2.24) is 0 Å². The Kier molecular flexibility index (Phi) is 5.65. The van der Waals surface area contributed by atoms with Crippen LogP contribution in [0, 0.1) is 11.3 Å². The first-order valence-corrected chi connectivity index (χ1v) is 13.5. The summed E-state index contributed by atoms with van der Waals surface area (Å²) in [4.78, 5) is 0. The Morgan fingerprint density at radius 3 is 2.03 bits per heavy atom. The third-order valence-corrected chi connectivity index (χ3v) is 11.0. The molecule has 4 aromatic rings. The van der Waals surface area contributed by atoms with E-state index in [0.717, 1.165) is 24.8 Å². The van der Waals surface area contributed by atoms with Gasteiger partial charge >= 0.3 is 0 Å². The summed E-state index contributed by atoms with van der Waals surface area (Å²) in [7, 11) is -1.77. The van der Waals surface area contributed by atoms with Crippen molar-refractivity contribution in [2.45, 2.75) is 25.2 Å². The highest BCUT2D eigenvalue weighted by molar-refractivity contribution is 7.95. The van der Waals surface area contributed by atoms with Crippen molar-refractivity contribution < 1.29 is 0 Å². The van der Waals surface area contributed by atoms with Gasteiger partial charge in [0.25, 0.3) is 0 Å². The number of aryl methyl sites for hydroxylation is 1. The number of rotatable bonds is 4. The number of hydrogen-bond acceptors (Lipinski definition) is 1. The molecule has 32 heavy (non-hydrogen) atoms. The van der Waals surface area contributed by atoms with Crippen LogP contribution in [0.3, 0.4) is 0 Å². The number of nitriles is 1. The Balaban J connectivity index is 1.62. The molecule has 0 heterocycles. The molecule has 1 nitrogen and oxygen atoms in total. The van der Waals surface area contributed by atoms with Crippen molar-refractivity contribution in [3.8, 4) is 6.07 Å². The lowest BCUT2D eigenvalue weighted by atomic mass is 9.80. The molecule has 0 amide bonds. The van der Waals surface area contributed by atoms with Crippen LogP contribution in [-0.2, 0) is 12.8 Å². The van der Waals surface area contributed by atoms with E-state index < -0.39 is 7.26 Å². The van der Waals surface area contributed by atoms with Crippen molar-refractivity contribution in [3.63, 3.8) is 0 Å². The van der Waals surface area contributed by atoms with Gasteiger partial charge in [-0.15, -0.1) is 0 Å². The quantitative estimate of drug-likeness (QED) is 0.377. The first-order valence-electron chi connectivity index (χ1n) is 11.3. The molecule has 2 heteroatoms. The van der Waals surface area contributed by atoms with Crippen LogP contribution in [0.2, 0.25) is 0 Å². The molecule has 1 aliphatic carbocycles. The summed E-state index contributed by atoms with van der Waals surface area (Å²) >= 11 is 0.